The highest BCUT2D eigenvalue weighted by Crippen LogP contribution is 2.42. The van der Waals surface area contributed by atoms with Crippen molar-refractivity contribution in [1.82, 2.24) is 9.88 Å². The zero-order valence-electron chi connectivity index (χ0n) is 18.5. The fraction of sp³-hybridized carbons (Fsp3) is 0.231. The van der Waals surface area contributed by atoms with Gasteiger partial charge in [0.1, 0.15) is 5.92 Å². The Hall–Kier alpha value is -3.81. The van der Waals surface area contributed by atoms with E-state index in [1.165, 1.54) is 0 Å². The number of aryl methyl sites for hydroxylation is 1. The Kier molecular flexibility index (Phi) is 5.84. The van der Waals surface area contributed by atoms with Crippen molar-refractivity contribution in [2.24, 2.45) is 18.4 Å². The maximum Gasteiger partial charge on any atom is 0.243 e. The molecule has 0 fully saturated rings. The van der Waals surface area contributed by atoms with Gasteiger partial charge in [0, 0.05) is 23.4 Å². The van der Waals surface area contributed by atoms with E-state index in [-0.39, 0.29) is 11.5 Å². The Balaban J connectivity index is 1.74. The monoisotopic (exact) mass is 454 g/mol. The molecule has 164 valence electrons. The maximum absolute atomic E-state index is 13.6. The minimum absolute atomic E-state index is 0.0436. The number of aromatic nitrogens is 1. The summed E-state index contributed by atoms with van der Waals surface area (Å²) < 4.78 is 2.02. The third kappa shape index (κ3) is 3.71. The molecule has 1 N–H and O–H groups in total. The van der Waals surface area contributed by atoms with E-state index in [0.717, 1.165) is 33.9 Å². The first kappa shape index (κ1) is 22.4. The van der Waals surface area contributed by atoms with E-state index in [2.05, 4.69) is 11.4 Å². The normalized spacial score (nSPS) is 17.4. The van der Waals surface area contributed by atoms with E-state index in [9.17, 15) is 20.1 Å². The molecule has 2 heterocycles. The Labute approximate surface area is 196 Å². The number of nitrogens with one attached hydrogen (secondary N) is 1. The number of rotatable bonds is 5. The van der Waals surface area contributed by atoms with Gasteiger partial charge in [0.05, 0.1) is 39.8 Å². The molecular formula is C26H22N4O2S. The van der Waals surface area contributed by atoms with Crippen LogP contribution in [0.2, 0.25) is 0 Å². The van der Waals surface area contributed by atoms with Crippen molar-refractivity contribution in [3.63, 3.8) is 0 Å². The number of nitrogens with zero attached hydrogens (tertiary/aromatic N) is 3. The molecule has 1 aliphatic heterocycles. The average Bonchev–Trinajstić information content (AvgIpc) is 3.10. The summed E-state index contributed by atoms with van der Waals surface area (Å²) in [6.45, 7) is 3.41. The number of hydrogen-bond donors (Lipinski definition) is 1. The molecule has 1 atom stereocenters. The second-order valence-corrected chi connectivity index (χ2v) is 9.45. The van der Waals surface area contributed by atoms with E-state index in [0.29, 0.717) is 16.2 Å². The highest BCUT2D eigenvalue weighted by atomic mass is 32.2. The minimum Gasteiger partial charge on any atom is -0.343 e. The molecule has 3 aromatic rings. The number of allylic oxidation sites excluding steroid dienone is 1. The number of benzene rings is 2. The summed E-state index contributed by atoms with van der Waals surface area (Å²) in [5, 5.41) is 23.0. The van der Waals surface area contributed by atoms with Gasteiger partial charge in [-0.15, -0.1) is 0 Å². The van der Waals surface area contributed by atoms with Gasteiger partial charge in [-0.3, -0.25) is 9.59 Å². The van der Waals surface area contributed by atoms with E-state index < -0.39 is 17.2 Å². The largest absolute Gasteiger partial charge is 0.343 e. The molecule has 1 amide bonds. The summed E-state index contributed by atoms with van der Waals surface area (Å²) in [7, 11) is 1.94. The van der Waals surface area contributed by atoms with Crippen LogP contribution < -0.4 is 5.32 Å². The standard InChI is InChI=1S/C26H22N4O2S/c1-26(2)18(13-27)24(32)29-25(19(26)14-28)33-15-21(31)22-17-11-7-8-12-20(17)30(3)23(22)16-9-5-4-6-10-16/h4-12,18H,15H2,1-3H3,(H,29,32)/t18-/m1/s1. The minimum atomic E-state index is -0.963. The molecule has 0 spiro atoms. The van der Waals surface area contributed by atoms with Crippen LogP contribution in [0, 0.1) is 34.0 Å². The number of carbonyl (C=O) groups is 2. The molecule has 6 nitrogen and oxygen atoms in total. The first-order valence-electron chi connectivity index (χ1n) is 10.5. The predicted octanol–water partition coefficient (Wildman–Crippen LogP) is 4.79. The summed E-state index contributed by atoms with van der Waals surface area (Å²) in [4.78, 5) is 26.0. The zero-order chi connectivity index (χ0) is 23.8. The molecule has 0 unspecified atom stereocenters. The molecule has 1 aliphatic rings. The van der Waals surface area contributed by atoms with Crippen LogP contribution in [0.15, 0.2) is 65.2 Å². The van der Waals surface area contributed by atoms with Gasteiger partial charge in [0.25, 0.3) is 0 Å². The second-order valence-electron chi connectivity index (χ2n) is 8.47. The quantitative estimate of drug-likeness (QED) is 0.559. The highest BCUT2D eigenvalue weighted by Gasteiger charge is 2.44. The predicted molar refractivity (Wildman–Crippen MR) is 129 cm³/mol. The summed E-state index contributed by atoms with van der Waals surface area (Å²) in [5.41, 5.74) is 2.70. The number of para-hydroxylation sites is 1. The van der Waals surface area contributed by atoms with Crippen LogP contribution in [-0.4, -0.2) is 22.0 Å². The third-order valence-electron chi connectivity index (χ3n) is 6.11. The summed E-state index contributed by atoms with van der Waals surface area (Å²) in [6, 6.07) is 21.6. The van der Waals surface area contributed by atoms with Crippen LogP contribution in [0.25, 0.3) is 22.2 Å². The second kappa shape index (κ2) is 8.61. The van der Waals surface area contributed by atoms with Crippen LogP contribution in [0.1, 0.15) is 24.2 Å². The lowest BCUT2D eigenvalue weighted by Gasteiger charge is -2.34. The molecule has 7 heteroatoms. The van der Waals surface area contributed by atoms with Crippen LogP contribution in [0.4, 0.5) is 0 Å². The first-order valence-corrected chi connectivity index (χ1v) is 11.4. The molecule has 0 aliphatic carbocycles. The Morgan fingerprint density at radius 1 is 1.12 bits per heavy atom. The van der Waals surface area contributed by atoms with Crippen LogP contribution in [-0.2, 0) is 11.8 Å². The number of thioether (sulfide) groups is 1. The number of hydrogen-bond acceptors (Lipinski definition) is 5. The van der Waals surface area contributed by atoms with Gasteiger partial charge in [-0.1, -0.05) is 74.1 Å². The fourth-order valence-corrected chi connectivity index (χ4v) is 5.40. The van der Waals surface area contributed by atoms with Gasteiger partial charge >= 0.3 is 0 Å². The lowest BCUT2D eigenvalue weighted by Crippen LogP contribution is -2.44. The molecule has 4 rings (SSSR count). The molecule has 1 aromatic heterocycles. The van der Waals surface area contributed by atoms with Gasteiger partial charge < -0.3 is 9.88 Å². The topological polar surface area (TPSA) is 98.7 Å². The van der Waals surface area contributed by atoms with Crippen LogP contribution in [0.5, 0.6) is 0 Å². The van der Waals surface area contributed by atoms with Gasteiger partial charge in [0.15, 0.2) is 5.78 Å². The molecule has 33 heavy (non-hydrogen) atoms. The SMILES string of the molecule is Cn1c(-c2ccccc2)c(C(=O)CSC2=C(C#N)C(C)(C)[C@H](C#N)C(=O)N2)c2ccccc21. The Morgan fingerprint density at radius 2 is 1.79 bits per heavy atom. The van der Waals surface area contributed by atoms with E-state index >= 15 is 0 Å². The molecule has 0 saturated carbocycles. The number of carbonyl (C=O) groups excluding carboxylic acids is 2. The smallest absolute Gasteiger partial charge is 0.243 e. The van der Waals surface area contributed by atoms with Crippen LogP contribution >= 0.6 is 11.8 Å². The molecule has 2 aromatic carbocycles. The Morgan fingerprint density at radius 3 is 2.45 bits per heavy atom. The fourth-order valence-electron chi connectivity index (χ4n) is 4.35. The van der Waals surface area contributed by atoms with Crippen molar-refractivity contribution < 1.29 is 9.59 Å². The van der Waals surface area contributed by atoms with E-state index in [4.69, 9.17) is 0 Å². The molecule has 0 bridgehead atoms. The van der Waals surface area contributed by atoms with E-state index in [1.54, 1.807) is 13.8 Å². The lowest BCUT2D eigenvalue weighted by molar-refractivity contribution is -0.125. The van der Waals surface area contributed by atoms with E-state index in [1.807, 2.05) is 72.3 Å². The van der Waals surface area contributed by atoms with Crippen molar-refractivity contribution in [3.05, 3.63) is 70.8 Å². The van der Waals surface area contributed by atoms with Crippen molar-refractivity contribution in [2.45, 2.75) is 13.8 Å². The number of ketones is 1. The summed E-state index contributed by atoms with van der Waals surface area (Å²) >= 11 is 1.13. The van der Waals surface area contributed by atoms with Crippen molar-refractivity contribution in [1.29, 1.82) is 10.5 Å². The average molecular weight is 455 g/mol. The van der Waals surface area contributed by atoms with Crippen molar-refractivity contribution in [3.8, 4) is 23.4 Å². The van der Waals surface area contributed by atoms with Gasteiger partial charge in [-0.25, -0.2) is 0 Å². The maximum atomic E-state index is 13.6. The number of amides is 1. The first-order chi connectivity index (χ1) is 15.8. The van der Waals surface area contributed by atoms with Crippen LogP contribution in [0.3, 0.4) is 0 Å². The van der Waals surface area contributed by atoms with Gasteiger partial charge in [-0.2, -0.15) is 10.5 Å². The number of Topliss-reactive ketones (excluding diaryl/α,β-unsaturated/α-hetero) is 1. The highest BCUT2D eigenvalue weighted by molar-refractivity contribution is 8.03. The Bertz CT molecular complexity index is 1390. The van der Waals surface area contributed by atoms with Crippen molar-refractivity contribution >= 4 is 34.4 Å². The number of nitriles is 2. The van der Waals surface area contributed by atoms with Gasteiger partial charge in [-0.05, 0) is 11.6 Å². The lowest BCUT2D eigenvalue weighted by atomic mass is 9.72. The van der Waals surface area contributed by atoms with Crippen molar-refractivity contribution in [2.75, 3.05) is 5.75 Å². The molecule has 0 saturated heterocycles. The third-order valence-corrected chi connectivity index (χ3v) is 7.11. The zero-order valence-corrected chi connectivity index (χ0v) is 19.4. The molecule has 0 radical (unpaired) electrons. The summed E-state index contributed by atoms with van der Waals surface area (Å²) in [5.74, 6) is -1.47. The van der Waals surface area contributed by atoms with Gasteiger partial charge in [0.2, 0.25) is 5.91 Å². The molecular weight excluding hydrogens is 432 g/mol. The number of fused-ring (bicyclic) bond motifs is 1. The summed E-state index contributed by atoms with van der Waals surface area (Å²) in [6.07, 6.45) is 0.